The topological polar surface area (TPSA) is 72.6 Å². The molecule has 0 atom stereocenters. The summed E-state index contributed by atoms with van der Waals surface area (Å²) in [6, 6.07) is 0. The maximum atomic E-state index is 12.4. The summed E-state index contributed by atoms with van der Waals surface area (Å²) >= 11 is 0. The van der Waals surface area contributed by atoms with Gasteiger partial charge < -0.3 is 9.64 Å². The zero-order valence-electron chi connectivity index (χ0n) is 11.0. The largest absolute Gasteiger partial charge is 0.378 e. The van der Waals surface area contributed by atoms with Crippen molar-refractivity contribution >= 4 is 11.7 Å². The Morgan fingerprint density at radius 2 is 2.00 bits per heavy atom. The van der Waals surface area contributed by atoms with E-state index in [2.05, 4.69) is 15.1 Å². The van der Waals surface area contributed by atoms with Gasteiger partial charge in [-0.25, -0.2) is 9.50 Å². The molecule has 0 N–H and O–H groups in total. The maximum absolute atomic E-state index is 12.4. The van der Waals surface area contributed by atoms with Gasteiger partial charge in [-0.15, -0.1) is 0 Å². The molecule has 7 heteroatoms. The van der Waals surface area contributed by atoms with Gasteiger partial charge in [-0.1, -0.05) is 0 Å². The molecule has 1 aliphatic heterocycles. The molecule has 3 rings (SSSR count). The number of carbonyl (C=O) groups excluding carboxylic acids is 1. The summed E-state index contributed by atoms with van der Waals surface area (Å²) in [7, 11) is 0. The van der Waals surface area contributed by atoms with Crippen molar-refractivity contribution in [2.24, 2.45) is 0 Å². The van der Waals surface area contributed by atoms with Crippen LogP contribution in [0.4, 0.5) is 0 Å². The maximum Gasteiger partial charge on any atom is 0.257 e. The number of aryl methyl sites for hydroxylation is 2. The molecule has 2 aromatic heterocycles. The predicted molar refractivity (Wildman–Crippen MR) is 67.0 cm³/mol. The summed E-state index contributed by atoms with van der Waals surface area (Å²) in [5.41, 5.74) is 1.25. The van der Waals surface area contributed by atoms with E-state index in [4.69, 9.17) is 4.74 Å². The molecule has 1 saturated heterocycles. The van der Waals surface area contributed by atoms with Crippen LogP contribution in [-0.4, -0.2) is 56.7 Å². The molecule has 0 aliphatic carbocycles. The minimum atomic E-state index is -0.0247. The first-order valence-electron chi connectivity index (χ1n) is 6.23. The van der Waals surface area contributed by atoms with Crippen molar-refractivity contribution in [1.82, 2.24) is 24.5 Å². The van der Waals surface area contributed by atoms with Crippen LogP contribution in [0.25, 0.3) is 5.78 Å². The lowest BCUT2D eigenvalue weighted by Crippen LogP contribution is -2.41. The lowest BCUT2D eigenvalue weighted by atomic mass is 10.2. The summed E-state index contributed by atoms with van der Waals surface area (Å²) in [6.45, 7) is 6.02. The quantitative estimate of drug-likeness (QED) is 0.734. The van der Waals surface area contributed by atoms with Crippen molar-refractivity contribution in [2.45, 2.75) is 13.8 Å². The van der Waals surface area contributed by atoms with E-state index in [9.17, 15) is 4.79 Å². The fourth-order valence-corrected chi connectivity index (χ4v) is 2.15. The number of amides is 1. The van der Waals surface area contributed by atoms with E-state index < -0.39 is 0 Å². The fraction of sp³-hybridized carbons (Fsp3) is 0.500. The smallest absolute Gasteiger partial charge is 0.257 e. The van der Waals surface area contributed by atoms with Crippen LogP contribution in [0.3, 0.4) is 0 Å². The monoisotopic (exact) mass is 261 g/mol. The highest BCUT2D eigenvalue weighted by Crippen LogP contribution is 2.11. The Hall–Kier alpha value is -2.02. The van der Waals surface area contributed by atoms with Crippen molar-refractivity contribution in [3.8, 4) is 0 Å². The predicted octanol–water partition coefficient (Wildman–Crippen LogP) is 0.214. The van der Waals surface area contributed by atoms with Crippen LogP contribution in [0.5, 0.6) is 0 Å². The van der Waals surface area contributed by atoms with E-state index in [1.807, 2.05) is 6.92 Å². The Bertz CT molecular complexity index is 630. The third kappa shape index (κ3) is 2.17. The average molecular weight is 261 g/mol. The molecule has 0 spiro atoms. The molecule has 1 aliphatic rings. The van der Waals surface area contributed by atoms with E-state index in [0.29, 0.717) is 49.2 Å². The summed E-state index contributed by atoms with van der Waals surface area (Å²) in [5.74, 6) is 1.14. The Kier molecular flexibility index (Phi) is 2.90. The van der Waals surface area contributed by atoms with Gasteiger partial charge in [-0.3, -0.25) is 4.79 Å². The molecular formula is C12H15N5O2. The zero-order valence-corrected chi connectivity index (χ0v) is 11.0. The van der Waals surface area contributed by atoms with Crippen molar-refractivity contribution < 1.29 is 9.53 Å². The average Bonchev–Trinajstić information content (AvgIpc) is 2.77. The van der Waals surface area contributed by atoms with E-state index in [-0.39, 0.29) is 5.91 Å². The fourth-order valence-electron chi connectivity index (χ4n) is 2.15. The van der Waals surface area contributed by atoms with Crippen molar-refractivity contribution in [2.75, 3.05) is 26.3 Å². The highest BCUT2D eigenvalue weighted by Gasteiger charge is 2.21. The molecule has 0 saturated carbocycles. The molecular weight excluding hydrogens is 246 g/mol. The molecule has 0 unspecified atom stereocenters. The highest BCUT2D eigenvalue weighted by molar-refractivity contribution is 5.95. The van der Waals surface area contributed by atoms with E-state index in [1.165, 1.54) is 0 Å². The Morgan fingerprint density at radius 3 is 2.74 bits per heavy atom. The number of hydrogen-bond acceptors (Lipinski definition) is 5. The van der Waals surface area contributed by atoms with Gasteiger partial charge in [0.25, 0.3) is 11.7 Å². The van der Waals surface area contributed by atoms with E-state index >= 15 is 0 Å². The molecule has 0 radical (unpaired) electrons. The number of aromatic nitrogens is 4. The first-order valence-corrected chi connectivity index (χ1v) is 6.23. The van der Waals surface area contributed by atoms with Gasteiger partial charge in [0.1, 0.15) is 5.82 Å². The lowest BCUT2D eigenvalue weighted by Gasteiger charge is -2.27. The van der Waals surface area contributed by atoms with Crippen molar-refractivity contribution in [1.29, 1.82) is 0 Å². The van der Waals surface area contributed by atoms with Gasteiger partial charge in [0.05, 0.1) is 24.5 Å². The standard InChI is InChI=1S/C12H15N5O2/c1-8-10(11(18)16-3-5-19-6-4-16)7-17-12(13-8)14-9(2)15-17/h7H,3-6H2,1-2H3. The van der Waals surface area contributed by atoms with Crippen molar-refractivity contribution in [3.63, 3.8) is 0 Å². The minimum absolute atomic E-state index is 0.0247. The van der Waals surface area contributed by atoms with Crippen molar-refractivity contribution in [3.05, 3.63) is 23.3 Å². The van der Waals surface area contributed by atoms with Crippen LogP contribution in [0, 0.1) is 13.8 Å². The third-order valence-corrected chi connectivity index (χ3v) is 3.16. The minimum Gasteiger partial charge on any atom is -0.378 e. The van der Waals surface area contributed by atoms with Crippen LogP contribution in [0.1, 0.15) is 21.9 Å². The molecule has 1 fully saturated rings. The Labute approximate surface area is 110 Å². The molecule has 7 nitrogen and oxygen atoms in total. The summed E-state index contributed by atoms with van der Waals surface area (Å²) in [5, 5.41) is 4.19. The number of morpholine rings is 1. The molecule has 0 aromatic carbocycles. The van der Waals surface area contributed by atoms with Gasteiger partial charge in [0.15, 0.2) is 0 Å². The Morgan fingerprint density at radius 1 is 1.26 bits per heavy atom. The van der Waals surface area contributed by atoms with Gasteiger partial charge in [0, 0.05) is 19.3 Å². The van der Waals surface area contributed by atoms with Gasteiger partial charge in [0.2, 0.25) is 0 Å². The van der Waals surface area contributed by atoms with Crippen LogP contribution in [0.2, 0.25) is 0 Å². The van der Waals surface area contributed by atoms with Crippen LogP contribution >= 0.6 is 0 Å². The normalized spacial score (nSPS) is 16.0. The molecule has 1 amide bonds. The number of carbonyl (C=O) groups is 1. The highest BCUT2D eigenvalue weighted by atomic mass is 16.5. The summed E-state index contributed by atoms with van der Waals surface area (Å²) in [4.78, 5) is 22.7. The van der Waals surface area contributed by atoms with Gasteiger partial charge in [-0.05, 0) is 13.8 Å². The lowest BCUT2D eigenvalue weighted by molar-refractivity contribution is 0.0301. The zero-order chi connectivity index (χ0) is 13.4. The SMILES string of the molecule is Cc1nc2nc(C)c(C(=O)N3CCOCC3)cn2n1. The number of ether oxygens (including phenoxy) is 1. The van der Waals surface area contributed by atoms with Crippen LogP contribution in [0.15, 0.2) is 6.20 Å². The summed E-state index contributed by atoms with van der Waals surface area (Å²) in [6.07, 6.45) is 1.70. The number of rotatable bonds is 1. The third-order valence-electron chi connectivity index (χ3n) is 3.16. The second-order valence-corrected chi connectivity index (χ2v) is 4.55. The second kappa shape index (κ2) is 4.58. The second-order valence-electron chi connectivity index (χ2n) is 4.55. The van der Waals surface area contributed by atoms with E-state index in [1.54, 1.807) is 22.5 Å². The summed E-state index contributed by atoms with van der Waals surface area (Å²) < 4.78 is 6.80. The van der Waals surface area contributed by atoms with Gasteiger partial charge >= 0.3 is 0 Å². The number of hydrogen-bond donors (Lipinski definition) is 0. The molecule has 3 heterocycles. The first-order chi connectivity index (χ1) is 9.15. The van der Waals surface area contributed by atoms with E-state index in [0.717, 1.165) is 0 Å². The molecule has 0 bridgehead atoms. The number of nitrogens with zero attached hydrogens (tertiary/aromatic N) is 5. The van der Waals surface area contributed by atoms with Crippen LogP contribution in [-0.2, 0) is 4.74 Å². The number of fused-ring (bicyclic) bond motifs is 1. The van der Waals surface area contributed by atoms with Crippen LogP contribution < -0.4 is 0 Å². The molecule has 19 heavy (non-hydrogen) atoms. The first kappa shape index (κ1) is 12.0. The Balaban J connectivity index is 1.98. The van der Waals surface area contributed by atoms with Gasteiger partial charge in [-0.2, -0.15) is 10.1 Å². The molecule has 100 valence electrons. The molecule has 2 aromatic rings.